The number of fused-ring (bicyclic) bond motifs is 2. The quantitative estimate of drug-likeness (QED) is 0.801. The van der Waals surface area contributed by atoms with E-state index in [1.165, 1.54) is 12.8 Å². The Hall–Kier alpha value is -1.55. The lowest BCUT2D eigenvalue weighted by Crippen LogP contribution is -2.54. The van der Waals surface area contributed by atoms with Crippen LogP contribution in [0.15, 0.2) is 24.3 Å². The van der Waals surface area contributed by atoms with Crippen LogP contribution in [0.3, 0.4) is 0 Å². The molecule has 2 atom stereocenters. The lowest BCUT2D eigenvalue weighted by atomic mass is 9.92. The highest BCUT2D eigenvalue weighted by molar-refractivity contribution is 5.97. The van der Waals surface area contributed by atoms with Crippen molar-refractivity contribution in [3.63, 3.8) is 0 Å². The summed E-state index contributed by atoms with van der Waals surface area (Å²) in [4.78, 5) is 14.9. The number of carbonyl (C=O) groups excluding carboxylic acids is 1. The summed E-state index contributed by atoms with van der Waals surface area (Å²) in [6, 6.07) is 8.34. The van der Waals surface area contributed by atoms with E-state index >= 15 is 0 Å². The van der Waals surface area contributed by atoms with Gasteiger partial charge in [0.25, 0.3) is 5.91 Å². The van der Waals surface area contributed by atoms with E-state index in [-0.39, 0.29) is 11.9 Å². The van der Waals surface area contributed by atoms with Crippen molar-refractivity contribution in [2.75, 3.05) is 20.2 Å². The number of piperidine rings is 1. The van der Waals surface area contributed by atoms with Crippen LogP contribution in [0.5, 0.6) is 5.75 Å². The maximum atomic E-state index is 12.9. The van der Waals surface area contributed by atoms with Crippen molar-refractivity contribution in [3.8, 4) is 5.75 Å². The molecule has 1 fully saturated rings. The van der Waals surface area contributed by atoms with Crippen molar-refractivity contribution in [2.45, 2.75) is 50.6 Å². The zero-order valence-corrected chi connectivity index (χ0v) is 13.4. The summed E-state index contributed by atoms with van der Waals surface area (Å²) in [5, 5.41) is 3.62. The number of amides is 1. The Morgan fingerprint density at radius 2 is 2.00 bits per heavy atom. The van der Waals surface area contributed by atoms with Crippen LogP contribution in [-0.4, -0.2) is 43.1 Å². The summed E-state index contributed by atoms with van der Waals surface area (Å²) in [5.74, 6) is 0.801. The maximum absolute atomic E-state index is 12.9. The van der Waals surface area contributed by atoms with Crippen molar-refractivity contribution in [1.82, 2.24) is 10.2 Å². The van der Waals surface area contributed by atoms with Crippen LogP contribution >= 0.6 is 0 Å². The van der Waals surface area contributed by atoms with Gasteiger partial charge in [-0.2, -0.15) is 0 Å². The Morgan fingerprint density at radius 1 is 1.14 bits per heavy atom. The minimum atomic E-state index is 0.0786. The number of carbonyl (C=O) groups is 1. The summed E-state index contributed by atoms with van der Waals surface area (Å²) < 4.78 is 5.85. The van der Waals surface area contributed by atoms with E-state index < -0.39 is 0 Å². The van der Waals surface area contributed by atoms with Gasteiger partial charge in [0.15, 0.2) is 0 Å². The molecule has 3 rings (SSSR count). The molecular weight excluding hydrogens is 276 g/mol. The fraction of sp³-hybridized carbons (Fsp3) is 0.611. The van der Waals surface area contributed by atoms with Gasteiger partial charge in [-0.25, -0.2) is 0 Å². The minimum absolute atomic E-state index is 0.0786. The van der Waals surface area contributed by atoms with Crippen molar-refractivity contribution in [3.05, 3.63) is 29.8 Å². The molecule has 1 aromatic carbocycles. The second-order valence-corrected chi connectivity index (χ2v) is 6.38. The van der Waals surface area contributed by atoms with Gasteiger partial charge in [0.2, 0.25) is 0 Å². The van der Waals surface area contributed by atoms with E-state index in [9.17, 15) is 4.79 Å². The summed E-state index contributed by atoms with van der Waals surface area (Å²) in [7, 11) is 1.94. The molecule has 1 aromatic rings. The van der Waals surface area contributed by atoms with E-state index in [2.05, 4.69) is 5.32 Å². The molecule has 1 saturated heterocycles. The van der Waals surface area contributed by atoms with Crippen LogP contribution in [0.2, 0.25) is 0 Å². The molecular formula is C18H26N2O2. The highest BCUT2D eigenvalue weighted by atomic mass is 16.5. The van der Waals surface area contributed by atoms with Crippen molar-refractivity contribution >= 4 is 5.91 Å². The van der Waals surface area contributed by atoms with Crippen molar-refractivity contribution in [1.29, 1.82) is 0 Å². The van der Waals surface area contributed by atoms with E-state index in [1.54, 1.807) is 0 Å². The van der Waals surface area contributed by atoms with Gasteiger partial charge >= 0.3 is 0 Å². The largest absolute Gasteiger partial charge is 0.493 e. The van der Waals surface area contributed by atoms with Crippen molar-refractivity contribution in [2.24, 2.45) is 0 Å². The predicted octanol–water partition coefficient (Wildman–Crippen LogP) is 2.83. The number of para-hydroxylation sites is 1. The second-order valence-electron chi connectivity index (χ2n) is 6.38. The molecule has 0 radical (unpaired) electrons. The fourth-order valence-electron chi connectivity index (χ4n) is 3.63. The highest BCUT2D eigenvalue weighted by Gasteiger charge is 2.31. The molecule has 0 aliphatic carbocycles. The van der Waals surface area contributed by atoms with E-state index in [0.29, 0.717) is 18.2 Å². The first-order chi connectivity index (χ1) is 10.8. The molecule has 0 spiro atoms. The Balaban J connectivity index is 1.88. The predicted molar refractivity (Wildman–Crippen MR) is 87.3 cm³/mol. The lowest BCUT2D eigenvalue weighted by Gasteiger charge is -2.39. The van der Waals surface area contributed by atoms with Crippen LogP contribution < -0.4 is 10.1 Å². The summed E-state index contributed by atoms with van der Waals surface area (Å²) >= 11 is 0. The normalized spacial score (nSPS) is 27.0. The average molecular weight is 302 g/mol. The number of ether oxygens (including phenoxy) is 1. The van der Waals surface area contributed by atoms with Crippen molar-refractivity contribution < 1.29 is 9.53 Å². The zero-order chi connectivity index (χ0) is 15.4. The first-order valence-corrected chi connectivity index (χ1v) is 8.50. The maximum Gasteiger partial charge on any atom is 0.257 e. The number of rotatable bonds is 0. The van der Waals surface area contributed by atoms with E-state index in [4.69, 9.17) is 4.74 Å². The molecule has 22 heavy (non-hydrogen) atoms. The third kappa shape index (κ3) is 3.27. The Bertz CT molecular complexity index is 518. The molecule has 120 valence electrons. The van der Waals surface area contributed by atoms with E-state index in [0.717, 1.165) is 38.0 Å². The first kappa shape index (κ1) is 15.3. The molecule has 0 bridgehead atoms. The summed E-state index contributed by atoms with van der Waals surface area (Å²) in [6.07, 6.45) is 6.80. The lowest BCUT2D eigenvalue weighted by molar-refractivity contribution is 0.0642. The Kier molecular flexibility index (Phi) is 4.98. The number of hydrogen-bond acceptors (Lipinski definition) is 3. The van der Waals surface area contributed by atoms with Crippen LogP contribution in [0, 0.1) is 0 Å². The SMILES string of the molecule is CN1C(=O)c2ccccc2OCCCCC[C@H]2NCCC[C@H]21. The minimum Gasteiger partial charge on any atom is -0.493 e. The fourth-order valence-corrected chi connectivity index (χ4v) is 3.63. The van der Waals surface area contributed by atoms with Crippen LogP contribution in [0.4, 0.5) is 0 Å². The zero-order valence-electron chi connectivity index (χ0n) is 13.4. The second kappa shape index (κ2) is 7.14. The van der Waals surface area contributed by atoms with Gasteiger partial charge in [-0.3, -0.25) is 4.79 Å². The summed E-state index contributed by atoms with van der Waals surface area (Å²) in [5.41, 5.74) is 0.690. The molecule has 1 N–H and O–H groups in total. The van der Waals surface area contributed by atoms with E-state index in [1.807, 2.05) is 36.2 Å². The summed E-state index contributed by atoms with van der Waals surface area (Å²) in [6.45, 7) is 1.76. The molecule has 0 saturated carbocycles. The van der Waals surface area contributed by atoms with Crippen LogP contribution in [-0.2, 0) is 0 Å². The molecule has 1 amide bonds. The number of hydrogen-bond donors (Lipinski definition) is 1. The van der Waals surface area contributed by atoms with Gasteiger partial charge < -0.3 is 15.0 Å². The van der Waals surface area contributed by atoms with Crippen LogP contribution in [0.1, 0.15) is 48.9 Å². The van der Waals surface area contributed by atoms with Gasteiger partial charge in [-0.15, -0.1) is 0 Å². The van der Waals surface area contributed by atoms with Gasteiger partial charge in [0, 0.05) is 19.1 Å². The number of benzene rings is 1. The molecule has 0 aromatic heterocycles. The number of nitrogens with one attached hydrogen (secondary N) is 1. The first-order valence-electron chi connectivity index (χ1n) is 8.50. The van der Waals surface area contributed by atoms with Gasteiger partial charge in [0.05, 0.1) is 12.2 Å². The molecule has 0 unspecified atom stereocenters. The Morgan fingerprint density at radius 3 is 2.91 bits per heavy atom. The third-order valence-electron chi connectivity index (χ3n) is 4.90. The number of likely N-dealkylation sites (N-methyl/N-ethyl adjacent to an activating group) is 1. The van der Waals surface area contributed by atoms with Gasteiger partial charge in [-0.1, -0.05) is 25.0 Å². The molecule has 2 heterocycles. The number of nitrogens with zero attached hydrogens (tertiary/aromatic N) is 1. The monoisotopic (exact) mass is 302 g/mol. The van der Waals surface area contributed by atoms with Crippen LogP contribution in [0.25, 0.3) is 0 Å². The molecule has 2 aliphatic heterocycles. The third-order valence-corrected chi connectivity index (χ3v) is 4.90. The average Bonchev–Trinajstić information content (AvgIpc) is 2.56. The standard InChI is InChI=1S/C18H26N2O2/c1-20-16-10-7-12-19-15(16)9-3-2-6-13-22-17-11-5-4-8-14(17)18(20)21/h4-5,8,11,15-16,19H,2-3,6-7,9-10,12-13H2,1H3/t15-,16-/m1/s1. The molecule has 2 aliphatic rings. The molecule has 4 heteroatoms. The van der Waals surface area contributed by atoms with Gasteiger partial charge in [0.1, 0.15) is 5.75 Å². The highest BCUT2D eigenvalue weighted by Crippen LogP contribution is 2.25. The van der Waals surface area contributed by atoms with Gasteiger partial charge in [-0.05, 0) is 44.4 Å². The molecule has 4 nitrogen and oxygen atoms in total. The topological polar surface area (TPSA) is 41.6 Å². The Labute approximate surface area is 132 Å². The smallest absolute Gasteiger partial charge is 0.257 e.